The van der Waals surface area contributed by atoms with Crippen LogP contribution in [0.2, 0.25) is 0 Å². The highest BCUT2D eigenvalue weighted by atomic mass is 35.5. The van der Waals surface area contributed by atoms with Gasteiger partial charge in [-0.3, -0.25) is 5.10 Å². The molecule has 0 aliphatic heterocycles. The zero-order valence-corrected chi connectivity index (χ0v) is 10.2. The molecular formula is C10H9ClF6N2. The minimum absolute atomic E-state index is 0.0979. The fourth-order valence-corrected chi connectivity index (χ4v) is 2.19. The van der Waals surface area contributed by atoms with E-state index in [1.165, 1.54) is 0 Å². The predicted octanol–water partition coefficient (Wildman–Crippen LogP) is 3.85. The van der Waals surface area contributed by atoms with E-state index in [1.807, 2.05) is 0 Å². The highest BCUT2D eigenvalue weighted by Crippen LogP contribution is 2.53. The topological polar surface area (TPSA) is 28.7 Å². The number of hydrogen-bond acceptors (Lipinski definition) is 1. The molecule has 0 aromatic carbocycles. The Balaban J connectivity index is 2.48. The minimum Gasteiger partial charge on any atom is -0.282 e. The molecule has 2 nitrogen and oxygen atoms in total. The molecule has 1 aromatic rings. The summed E-state index contributed by atoms with van der Waals surface area (Å²) in [6.07, 6.45) is 1.68. The van der Waals surface area contributed by atoms with E-state index in [9.17, 15) is 26.3 Å². The number of aryl methyl sites for hydroxylation is 1. The Bertz CT molecular complexity index is 479. The van der Waals surface area contributed by atoms with Crippen molar-refractivity contribution >= 4 is 11.6 Å². The molecule has 1 aliphatic rings. The standard InChI is InChI=1S/C10H9ClF6N2/c11-10(16,17)9(14,15)8(12,13)7-5-3-1-2-4-6(5)18-19-7/h1-4H2,(H,18,19). The molecule has 1 aromatic heterocycles. The summed E-state index contributed by atoms with van der Waals surface area (Å²) < 4.78 is 78.7. The van der Waals surface area contributed by atoms with Crippen LogP contribution in [0.1, 0.15) is 29.8 Å². The summed E-state index contributed by atoms with van der Waals surface area (Å²) in [5.74, 6) is -10.9. The fraction of sp³-hybridized carbons (Fsp3) is 0.700. The Morgan fingerprint density at radius 1 is 1.00 bits per heavy atom. The second-order valence-electron chi connectivity index (χ2n) is 4.38. The molecule has 1 heterocycles. The van der Waals surface area contributed by atoms with Gasteiger partial charge in [0.15, 0.2) is 0 Å². The summed E-state index contributed by atoms with van der Waals surface area (Å²) >= 11 is 4.11. The Labute approximate surface area is 109 Å². The highest BCUT2D eigenvalue weighted by Gasteiger charge is 2.73. The van der Waals surface area contributed by atoms with Crippen LogP contribution in [0.25, 0.3) is 0 Å². The SMILES string of the molecule is FC(F)(Cl)C(F)(F)C(F)(F)c1n[nH]c2c1CCCC2. The second-order valence-corrected chi connectivity index (χ2v) is 4.86. The molecule has 0 fully saturated rings. The van der Waals surface area contributed by atoms with E-state index in [1.54, 1.807) is 0 Å². The molecule has 0 amide bonds. The van der Waals surface area contributed by atoms with Gasteiger partial charge in [-0.15, -0.1) is 0 Å². The molecule has 108 valence electrons. The van der Waals surface area contributed by atoms with Gasteiger partial charge in [0.25, 0.3) is 0 Å². The zero-order chi connectivity index (χ0) is 14.5. The van der Waals surface area contributed by atoms with Crippen LogP contribution in [0.3, 0.4) is 0 Å². The van der Waals surface area contributed by atoms with Crippen molar-refractivity contribution in [2.45, 2.75) is 42.9 Å². The van der Waals surface area contributed by atoms with Crippen molar-refractivity contribution in [1.29, 1.82) is 0 Å². The van der Waals surface area contributed by atoms with E-state index < -0.39 is 22.9 Å². The van der Waals surface area contributed by atoms with Gasteiger partial charge in [0.05, 0.1) is 0 Å². The summed E-state index contributed by atoms with van der Waals surface area (Å²) in [6, 6.07) is 0. The Morgan fingerprint density at radius 3 is 2.16 bits per heavy atom. The third-order valence-corrected chi connectivity index (χ3v) is 3.34. The normalized spacial score (nSPS) is 17.4. The van der Waals surface area contributed by atoms with E-state index in [2.05, 4.69) is 21.8 Å². The van der Waals surface area contributed by atoms with E-state index in [0.29, 0.717) is 19.3 Å². The number of rotatable bonds is 3. The molecule has 9 heteroatoms. The summed E-state index contributed by atoms with van der Waals surface area (Å²) in [5, 5.41) is -0.0572. The number of aromatic amines is 1. The molecule has 19 heavy (non-hydrogen) atoms. The quantitative estimate of drug-likeness (QED) is 0.667. The number of nitrogens with one attached hydrogen (secondary N) is 1. The lowest BCUT2D eigenvalue weighted by atomic mass is 9.92. The average molecular weight is 307 g/mol. The maximum Gasteiger partial charge on any atom is 0.392 e. The lowest BCUT2D eigenvalue weighted by Gasteiger charge is -2.29. The van der Waals surface area contributed by atoms with Crippen molar-refractivity contribution in [3.63, 3.8) is 0 Å². The largest absolute Gasteiger partial charge is 0.392 e. The Hall–Kier alpha value is -0.920. The first-order valence-electron chi connectivity index (χ1n) is 5.48. The summed E-state index contributed by atoms with van der Waals surface area (Å²) in [5.41, 5.74) is -1.17. The first kappa shape index (κ1) is 14.5. The van der Waals surface area contributed by atoms with Crippen LogP contribution in [0.4, 0.5) is 26.3 Å². The van der Waals surface area contributed by atoms with E-state index in [4.69, 9.17) is 0 Å². The van der Waals surface area contributed by atoms with Crippen LogP contribution < -0.4 is 0 Å². The maximum absolute atomic E-state index is 13.7. The van der Waals surface area contributed by atoms with E-state index in [0.717, 1.165) is 0 Å². The molecule has 2 rings (SSSR count). The minimum atomic E-state index is -5.72. The first-order valence-corrected chi connectivity index (χ1v) is 5.86. The average Bonchev–Trinajstić information content (AvgIpc) is 2.71. The monoisotopic (exact) mass is 306 g/mol. The van der Waals surface area contributed by atoms with Crippen molar-refractivity contribution in [2.24, 2.45) is 0 Å². The van der Waals surface area contributed by atoms with Gasteiger partial charge in [-0.25, -0.2) is 0 Å². The number of halogens is 7. The van der Waals surface area contributed by atoms with E-state index >= 15 is 0 Å². The van der Waals surface area contributed by atoms with Crippen LogP contribution in [0.15, 0.2) is 0 Å². The third kappa shape index (κ3) is 2.09. The van der Waals surface area contributed by atoms with Gasteiger partial charge < -0.3 is 0 Å². The van der Waals surface area contributed by atoms with Gasteiger partial charge in [-0.1, -0.05) is 0 Å². The van der Waals surface area contributed by atoms with Crippen molar-refractivity contribution in [3.8, 4) is 0 Å². The molecule has 0 saturated carbocycles. The van der Waals surface area contributed by atoms with Crippen LogP contribution in [0.5, 0.6) is 0 Å². The number of H-pyrrole nitrogens is 1. The number of alkyl halides is 7. The molecule has 0 saturated heterocycles. The molecule has 1 aliphatic carbocycles. The molecule has 0 atom stereocenters. The number of nitrogens with zero attached hydrogens (tertiary/aromatic N) is 1. The smallest absolute Gasteiger partial charge is 0.282 e. The lowest BCUT2D eigenvalue weighted by molar-refractivity contribution is -0.287. The van der Waals surface area contributed by atoms with E-state index in [-0.39, 0.29) is 17.7 Å². The Morgan fingerprint density at radius 2 is 1.58 bits per heavy atom. The number of fused-ring (bicyclic) bond motifs is 1. The van der Waals surface area contributed by atoms with Crippen LogP contribution in [-0.2, 0) is 18.8 Å². The zero-order valence-electron chi connectivity index (χ0n) is 9.42. The summed E-state index contributed by atoms with van der Waals surface area (Å²) in [4.78, 5) is 0. The van der Waals surface area contributed by atoms with Crippen molar-refractivity contribution in [1.82, 2.24) is 10.2 Å². The van der Waals surface area contributed by atoms with Crippen LogP contribution in [-0.4, -0.2) is 21.5 Å². The second kappa shape index (κ2) is 4.29. The lowest BCUT2D eigenvalue weighted by Crippen LogP contribution is -2.50. The number of aromatic nitrogens is 2. The van der Waals surface area contributed by atoms with Gasteiger partial charge >= 0.3 is 17.2 Å². The van der Waals surface area contributed by atoms with Gasteiger partial charge in [0.1, 0.15) is 5.69 Å². The third-order valence-electron chi connectivity index (χ3n) is 3.10. The molecular weight excluding hydrogens is 298 g/mol. The van der Waals surface area contributed by atoms with Gasteiger partial charge in [0, 0.05) is 11.3 Å². The maximum atomic E-state index is 13.7. The highest BCUT2D eigenvalue weighted by molar-refractivity contribution is 6.22. The van der Waals surface area contributed by atoms with Crippen molar-refractivity contribution < 1.29 is 26.3 Å². The van der Waals surface area contributed by atoms with Gasteiger partial charge in [0.2, 0.25) is 0 Å². The summed E-state index contributed by atoms with van der Waals surface area (Å²) in [7, 11) is 0. The van der Waals surface area contributed by atoms with Gasteiger partial charge in [-0.2, -0.15) is 31.4 Å². The first-order chi connectivity index (χ1) is 8.59. The molecule has 0 spiro atoms. The number of hydrogen-bond donors (Lipinski definition) is 1. The molecule has 1 N–H and O–H groups in total. The Kier molecular flexibility index (Phi) is 3.27. The van der Waals surface area contributed by atoms with Crippen LogP contribution in [0, 0.1) is 0 Å². The van der Waals surface area contributed by atoms with Crippen molar-refractivity contribution in [2.75, 3.05) is 0 Å². The fourth-order valence-electron chi connectivity index (χ4n) is 2.07. The van der Waals surface area contributed by atoms with Crippen LogP contribution >= 0.6 is 11.6 Å². The molecule has 0 radical (unpaired) electrons. The summed E-state index contributed by atoms with van der Waals surface area (Å²) in [6.45, 7) is 0. The van der Waals surface area contributed by atoms with Gasteiger partial charge in [-0.05, 0) is 37.3 Å². The molecule has 0 unspecified atom stereocenters. The molecule has 0 bridgehead atoms. The predicted molar refractivity (Wildman–Crippen MR) is 54.9 cm³/mol. The van der Waals surface area contributed by atoms with Crippen molar-refractivity contribution in [3.05, 3.63) is 17.0 Å².